The van der Waals surface area contributed by atoms with Crippen LogP contribution in [0.2, 0.25) is 0 Å². The molecule has 6 heteroatoms. The van der Waals surface area contributed by atoms with Crippen LogP contribution >= 0.6 is 0 Å². The number of likely N-dealkylation sites (tertiary alicyclic amines) is 1. The highest BCUT2D eigenvalue weighted by Gasteiger charge is 2.41. The van der Waals surface area contributed by atoms with Gasteiger partial charge in [0.05, 0.1) is 5.92 Å². The molecule has 0 bridgehead atoms. The minimum Gasteiger partial charge on any atom is -0.481 e. The summed E-state index contributed by atoms with van der Waals surface area (Å²) in [7, 11) is 0. The van der Waals surface area contributed by atoms with Crippen LogP contribution in [-0.2, 0) is 14.4 Å². The third-order valence-electron chi connectivity index (χ3n) is 2.73. The van der Waals surface area contributed by atoms with Gasteiger partial charge in [0, 0.05) is 13.0 Å². The van der Waals surface area contributed by atoms with Crippen molar-refractivity contribution < 1.29 is 24.6 Å². The molecule has 16 heavy (non-hydrogen) atoms. The van der Waals surface area contributed by atoms with Gasteiger partial charge in [-0.25, -0.2) is 4.79 Å². The van der Waals surface area contributed by atoms with Crippen molar-refractivity contribution in [1.82, 2.24) is 4.90 Å². The van der Waals surface area contributed by atoms with Crippen LogP contribution in [0.3, 0.4) is 0 Å². The van der Waals surface area contributed by atoms with Gasteiger partial charge in [-0.3, -0.25) is 9.59 Å². The summed E-state index contributed by atoms with van der Waals surface area (Å²) in [6.07, 6.45) is -0.105. The second kappa shape index (κ2) is 4.51. The second-order valence-corrected chi connectivity index (χ2v) is 4.31. The highest BCUT2D eigenvalue weighted by molar-refractivity contribution is 5.89. The molecule has 90 valence electrons. The van der Waals surface area contributed by atoms with Gasteiger partial charge in [-0.2, -0.15) is 0 Å². The molecule has 0 aromatic rings. The molecule has 1 amide bonds. The van der Waals surface area contributed by atoms with Crippen molar-refractivity contribution in [2.75, 3.05) is 6.54 Å². The van der Waals surface area contributed by atoms with Crippen molar-refractivity contribution in [3.63, 3.8) is 0 Å². The van der Waals surface area contributed by atoms with E-state index in [1.54, 1.807) is 13.8 Å². The molecule has 0 aromatic heterocycles. The number of nitrogens with zero attached hydrogens (tertiary/aromatic N) is 1. The maximum atomic E-state index is 11.5. The van der Waals surface area contributed by atoms with Crippen molar-refractivity contribution in [2.24, 2.45) is 11.8 Å². The van der Waals surface area contributed by atoms with E-state index in [4.69, 9.17) is 10.2 Å². The topological polar surface area (TPSA) is 94.9 Å². The van der Waals surface area contributed by atoms with Gasteiger partial charge >= 0.3 is 11.9 Å². The fourth-order valence-electron chi connectivity index (χ4n) is 1.94. The van der Waals surface area contributed by atoms with Gasteiger partial charge in [0.15, 0.2) is 0 Å². The maximum Gasteiger partial charge on any atom is 0.326 e. The van der Waals surface area contributed by atoms with Crippen LogP contribution in [0.15, 0.2) is 0 Å². The Morgan fingerprint density at radius 3 is 2.25 bits per heavy atom. The van der Waals surface area contributed by atoms with E-state index in [1.165, 1.54) is 0 Å². The SMILES string of the molecule is CC(C)[C@@H](C(=O)O)N1CC(C(=O)O)CC1=O. The first-order valence-electron chi connectivity index (χ1n) is 5.09. The lowest BCUT2D eigenvalue weighted by Gasteiger charge is -2.27. The zero-order valence-electron chi connectivity index (χ0n) is 9.21. The number of hydrogen-bond donors (Lipinski definition) is 2. The average Bonchev–Trinajstić information content (AvgIpc) is 2.47. The Morgan fingerprint density at radius 2 is 1.94 bits per heavy atom. The Morgan fingerprint density at radius 1 is 1.38 bits per heavy atom. The largest absolute Gasteiger partial charge is 0.481 e. The molecule has 0 aromatic carbocycles. The molecule has 6 nitrogen and oxygen atoms in total. The molecule has 0 radical (unpaired) electrons. The maximum absolute atomic E-state index is 11.5. The van der Waals surface area contributed by atoms with Gasteiger partial charge in [0.2, 0.25) is 5.91 Å². The first-order valence-corrected chi connectivity index (χ1v) is 5.09. The molecule has 1 fully saturated rings. The van der Waals surface area contributed by atoms with E-state index in [0.717, 1.165) is 4.90 Å². The first-order chi connectivity index (χ1) is 7.34. The lowest BCUT2D eigenvalue weighted by Crippen LogP contribution is -2.45. The summed E-state index contributed by atoms with van der Waals surface area (Å²) < 4.78 is 0. The fourth-order valence-corrected chi connectivity index (χ4v) is 1.94. The highest BCUT2D eigenvalue weighted by Crippen LogP contribution is 2.23. The number of carbonyl (C=O) groups excluding carboxylic acids is 1. The summed E-state index contributed by atoms with van der Waals surface area (Å²) in [4.78, 5) is 34.4. The lowest BCUT2D eigenvalue weighted by molar-refractivity contribution is -0.150. The molecular formula is C10H15NO5. The fraction of sp³-hybridized carbons (Fsp3) is 0.700. The molecule has 1 rings (SSSR count). The smallest absolute Gasteiger partial charge is 0.326 e. The molecule has 0 spiro atoms. The molecule has 0 aliphatic carbocycles. The van der Waals surface area contributed by atoms with E-state index >= 15 is 0 Å². The minimum absolute atomic E-state index is 0.0106. The molecule has 1 aliphatic rings. The van der Waals surface area contributed by atoms with Crippen LogP contribution in [0, 0.1) is 11.8 Å². The third kappa shape index (κ3) is 2.32. The quantitative estimate of drug-likeness (QED) is 0.709. The van der Waals surface area contributed by atoms with Gasteiger partial charge in [-0.1, -0.05) is 13.8 Å². The van der Waals surface area contributed by atoms with Crippen LogP contribution in [0.5, 0.6) is 0 Å². The first kappa shape index (κ1) is 12.5. The summed E-state index contributed by atoms with van der Waals surface area (Å²) in [6, 6.07) is -0.933. The van der Waals surface area contributed by atoms with Crippen LogP contribution < -0.4 is 0 Å². The second-order valence-electron chi connectivity index (χ2n) is 4.31. The molecular weight excluding hydrogens is 214 g/mol. The number of aliphatic carboxylic acids is 2. The number of carbonyl (C=O) groups is 3. The zero-order chi connectivity index (χ0) is 12.5. The molecule has 1 aliphatic heterocycles. The number of rotatable bonds is 4. The normalized spacial score (nSPS) is 22.6. The van der Waals surface area contributed by atoms with E-state index in [-0.39, 0.29) is 18.9 Å². The van der Waals surface area contributed by atoms with Crippen molar-refractivity contribution in [2.45, 2.75) is 26.3 Å². The molecule has 2 N–H and O–H groups in total. The molecule has 0 saturated carbocycles. The Labute approximate surface area is 92.9 Å². The summed E-state index contributed by atoms with van der Waals surface area (Å²) in [5.41, 5.74) is 0. The molecule has 1 unspecified atom stereocenters. The monoisotopic (exact) mass is 229 g/mol. The Balaban J connectivity index is 2.84. The van der Waals surface area contributed by atoms with Gasteiger partial charge < -0.3 is 15.1 Å². The van der Waals surface area contributed by atoms with E-state index in [0.29, 0.717) is 0 Å². The Bertz CT molecular complexity index is 325. The predicted octanol–water partition coefficient (Wildman–Crippen LogP) is 0.0287. The van der Waals surface area contributed by atoms with Crippen molar-refractivity contribution in [3.8, 4) is 0 Å². The highest BCUT2D eigenvalue weighted by atomic mass is 16.4. The Hall–Kier alpha value is -1.59. The molecule has 2 atom stereocenters. The van der Waals surface area contributed by atoms with Crippen molar-refractivity contribution in [3.05, 3.63) is 0 Å². The summed E-state index contributed by atoms with van der Waals surface area (Å²) in [5.74, 6) is -3.56. The van der Waals surface area contributed by atoms with Gasteiger partial charge in [0.1, 0.15) is 6.04 Å². The van der Waals surface area contributed by atoms with Crippen LogP contribution in [-0.4, -0.2) is 45.5 Å². The molecule has 1 saturated heterocycles. The van der Waals surface area contributed by atoms with E-state index < -0.39 is 29.8 Å². The minimum atomic E-state index is -1.09. The number of carboxylic acid groups (broad SMARTS) is 2. The Kier molecular flexibility index (Phi) is 3.51. The van der Waals surface area contributed by atoms with Gasteiger partial charge in [-0.15, -0.1) is 0 Å². The zero-order valence-corrected chi connectivity index (χ0v) is 9.21. The number of hydrogen-bond acceptors (Lipinski definition) is 3. The number of amides is 1. The third-order valence-corrected chi connectivity index (χ3v) is 2.73. The van der Waals surface area contributed by atoms with E-state index in [9.17, 15) is 14.4 Å². The standard InChI is InChI=1S/C10H15NO5/c1-5(2)8(10(15)16)11-4-6(9(13)14)3-7(11)12/h5-6,8H,3-4H2,1-2H3,(H,13,14)(H,15,16)/t6?,8-/m0/s1. The predicted molar refractivity (Wildman–Crippen MR) is 53.7 cm³/mol. The van der Waals surface area contributed by atoms with E-state index in [2.05, 4.69) is 0 Å². The molecule has 1 heterocycles. The number of carboxylic acids is 2. The van der Waals surface area contributed by atoms with Crippen LogP contribution in [0.4, 0.5) is 0 Å². The lowest BCUT2D eigenvalue weighted by atomic mass is 10.0. The summed E-state index contributed by atoms with van der Waals surface area (Å²) in [6.45, 7) is 3.38. The van der Waals surface area contributed by atoms with Crippen LogP contribution in [0.1, 0.15) is 20.3 Å². The van der Waals surface area contributed by atoms with Gasteiger partial charge in [-0.05, 0) is 5.92 Å². The van der Waals surface area contributed by atoms with Crippen molar-refractivity contribution in [1.29, 1.82) is 0 Å². The van der Waals surface area contributed by atoms with Gasteiger partial charge in [0.25, 0.3) is 0 Å². The van der Waals surface area contributed by atoms with Crippen LogP contribution in [0.25, 0.3) is 0 Å². The average molecular weight is 229 g/mol. The van der Waals surface area contributed by atoms with Crippen molar-refractivity contribution >= 4 is 17.8 Å². The summed E-state index contributed by atoms with van der Waals surface area (Å²) in [5, 5.41) is 17.8. The van der Waals surface area contributed by atoms with E-state index in [1.807, 2.05) is 0 Å². The summed E-state index contributed by atoms with van der Waals surface area (Å²) >= 11 is 0.